The van der Waals surface area contributed by atoms with E-state index in [0.717, 1.165) is 25.7 Å². The van der Waals surface area contributed by atoms with Gasteiger partial charge in [0.2, 0.25) is 5.91 Å². The zero-order chi connectivity index (χ0) is 17.8. The third-order valence-corrected chi connectivity index (χ3v) is 5.36. The fourth-order valence-corrected chi connectivity index (χ4v) is 3.77. The zero-order valence-corrected chi connectivity index (χ0v) is 15.3. The predicted octanol–water partition coefficient (Wildman–Crippen LogP) is 3.40. The highest BCUT2D eigenvalue weighted by Crippen LogP contribution is 2.29. The summed E-state index contributed by atoms with van der Waals surface area (Å²) in [5.41, 5.74) is 0.565. The van der Waals surface area contributed by atoms with E-state index in [1.165, 1.54) is 12.8 Å². The molecule has 0 atom stereocenters. The molecule has 0 bridgehead atoms. The van der Waals surface area contributed by atoms with Crippen molar-refractivity contribution in [2.75, 3.05) is 13.1 Å². The monoisotopic (exact) mass is 364 g/mol. The molecule has 1 aromatic carbocycles. The Kier molecular flexibility index (Phi) is 5.84. The Morgan fingerprint density at radius 2 is 1.84 bits per heavy atom. The lowest BCUT2D eigenvalue weighted by Gasteiger charge is -2.31. The van der Waals surface area contributed by atoms with Crippen LogP contribution in [0.2, 0.25) is 5.02 Å². The number of nitrogens with one attached hydrogen (secondary N) is 1. The van der Waals surface area contributed by atoms with Crippen LogP contribution < -0.4 is 10.1 Å². The second kappa shape index (κ2) is 8.09. The molecule has 0 aromatic heterocycles. The molecule has 0 radical (unpaired) electrons. The number of benzene rings is 1. The summed E-state index contributed by atoms with van der Waals surface area (Å²) in [4.78, 5) is 25.5. The number of carbonyl (C=O) groups excluding carboxylic acids is 2. The van der Waals surface area contributed by atoms with Crippen LogP contribution >= 0.6 is 11.6 Å². The molecule has 1 N–H and O–H groups in total. The van der Waals surface area contributed by atoms with Crippen LogP contribution in [0.25, 0.3) is 0 Å². The molecule has 136 valence electrons. The van der Waals surface area contributed by atoms with Crippen LogP contribution in [0.1, 0.15) is 55.8 Å². The van der Waals surface area contributed by atoms with E-state index in [1.54, 1.807) is 25.1 Å². The van der Waals surface area contributed by atoms with E-state index in [4.69, 9.17) is 16.3 Å². The van der Waals surface area contributed by atoms with Gasteiger partial charge in [-0.3, -0.25) is 9.59 Å². The maximum absolute atomic E-state index is 12.3. The number of likely N-dealkylation sites (tertiary alicyclic amines) is 1. The van der Waals surface area contributed by atoms with Crippen molar-refractivity contribution < 1.29 is 14.3 Å². The maximum atomic E-state index is 12.3. The fourth-order valence-electron chi connectivity index (χ4n) is 3.54. The molecular weight excluding hydrogens is 340 g/mol. The van der Waals surface area contributed by atoms with E-state index < -0.39 is 0 Å². The molecule has 1 aliphatic heterocycles. The summed E-state index contributed by atoms with van der Waals surface area (Å²) in [6, 6.07) is 5.49. The van der Waals surface area contributed by atoms with E-state index in [2.05, 4.69) is 5.32 Å². The van der Waals surface area contributed by atoms with Gasteiger partial charge in [-0.05, 0) is 31.0 Å². The van der Waals surface area contributed by atoms with Crippen molar-refractivity contribution in [3.05, 3.63) is 28.8 Å². The van der Waals surface area contributed by atoms with E-state index >= 15 is 0 Å². The van der Waals surface area contributed by atoms with Gasteiger partial charge in [-0.25, -0.2) is 0 Å². The topological polar surface area (TPSA) is 58.6 Å². The van der Waals surface area contributed by atoms with Gasteiger partial charge >= 0.3 is 0 Å². The van der Waals surface area contributed by atoms with Gasteiger partial charge in [0, 0.05) is 44.5 Å². The summed E-state index contributed by atoms with van der Waals surface area (Å²) >= 11 is 6.32. The number of ether oxygens (including phenoxy) is 1. The Labute approximate surface area is 153 Å². The highest BCUT2D eigenvalue weighted by molar-refractivity contribution is 6.32. The summed E-state index contributed by atoms with van der Waals surface area (Å²) in [6.07, 6.45) is 6.10. The molecule has 1 heterocycles. The number of halogens is 1. The van der Waals surface area contributed by atoms with Crippen molar-refractivity contribution in [3.63, 3.8) is 0 Å². The van der Waals surface area contributed by atoms with E-state index in [-0.39, 0.29) is 24.0 Å². The standard InChI is InChI=1S/C19H25ClN2O3/c1-13(23)22-10-8-16(9-11-22)25-18-7-6-14(12-17(18)20)19(24)21-15-4-2-3-5-15/h6-7,12,15-16H,2-5,8-11H2,1H3,(H,21,24). The van der Waals surface area contributed by atoms with Gasteiger partial charge in [0.15, 0.2) is 0 Å². The quantitative estimate of drug-likeness (QED) is 0.890. The number of hydrogen-bond donors (Lipinski definition) is 1. The third-order valence-electron chi connectivity index (χ3n) is 5.07. The molecule has 0 unspecified atom stereocenters. The molecule has 2 aliphatic rings. The van der Waals surface area contributed by atoms with E-state index in [1.807, 2.05) is 4.90 Å². The first-order valence-electron chi connectivity index (χ1n) is 9.05. The largest absolute Gasteiger partial charge is 0.489 e. The van der Waals surface area contributed by atoms with Crippen molar-refractivity contribution in [1.29, 1.82) is 0 Å². The summed E-state index contributed by atoms with van der Waals surface area (Å²) in [5.74, 6) is 0.629. The normalized spacial score (nSPS) is 19.0. The Morgan fingerprint density at radius 3 is 2.44 bits per heavy atom. The molecule has 3 rings (SSSR count). The summed E-state index contributed by atoms with van der Waals surface area (Å²) < 4.78 is 5.98. The molecule has 0 spiro atoms. The van der Waals surface area contributed by atoms with Gasteiger partial charge in [-0.15, -0.1) is 0 Å². The van der Waals surface area contributed by atoms with Gasteiger partial charge in [0.25, 0.3) is 5.91 Å². The molecule has 1 aromatic rings. The Balaban J connectivity index is 1.56. The van der Waals surface area contributed by atoms with Gasteiger partial charge in [0.05, 0.1) is 5.02 Å². The Bertz CT molecular complexity index is 636. The molecule has 25 heavy (non-hydrogen) atoms. The smallest absolute Gasteiger partial charge is 0.251 e. The minimum Gasteiger partial charge on any atom is -0.489 e. The van der Waals surface area contributed by atoms with Crippen molar-refractivity contribution in [1.82, 2.24) is 10.2 Å². The SMILES string of the molecule is CC(=O)N1CCC(Oc2ccc(C(=O)NC3CCCC3)cc2Cl)CC1. The van der Waals surface area contributed by atoms with Gasteiger partial charge in [0.1, 0.15) is 11.9 Å². The fraction of sp³-hybridized carbons (Fsp3) is 0.579. The molecule has 2 fully saturated rings. The van der Waals surface area contributed by atoms with Gasteiger partial charge < -0.3 is 15.0 Å². The zero-order valence-electron chi connectivity index (χ0n) is 14.6. The maximum Gasteiger partial charge on any atom is 0.251 e. The summed E-state index contributed by atoms with van der Waals surface area (Å²) in [6.45, 7) is 3.01. The highest BCUT2D eigenvalue weighted by atomic mass is 35.5. The molecule has 2 amide bonds. The van der Waals surface area contributed by atoms with E-state index in [0.29, 0.717) is 29.4 Å². The molecule has 1 saturated carbocycles. The van der Waals surface area contributed by atoms with Crippen LogP contribution in [-0.2, 0) is 4.79 Å². The average molecular weight is 365 g/mol. The number of hydrogen-bond acceptors (Lipinski definition) is 3. The van der Waals surface area contributed by atoms with Crippen molar-refractivity contribution in [2.24, 2.45) is 0 Å². The average Bonchev–Trinajstić information content (AvgIpc) is 3.10. The van der Waals surface area contributed by atoms with Crippen LogP contribution in [0.3, 0.4) is 0 Å². The van der Waals surface area contributed by atoms with Crippen LogP contribution in [-0.4, -0.2) is 41.9 Å². The van der Waals surface area contributed by atoms with Crippen LogP contribution in [0.5, 0.6) is 5.75 Å². The second-order valence-electron chi connectivity index (χ2n) is 6.92. The lowest BCUT2D eigenvalue weighted by molar-refractivity contribution is -0.130. The van der Waals surface area contributed by atoms with Crippen LogP contribution in [0, 0.1) is 0 Å². The first-order chi connectivity index (χ1) is 12.0. The minimum absolute atomic E-state index is 0.0475. The van der Waals surface area contributed by atoms with Crippen molar-refractivity contribution in [2.45, 2.75) is 57.6 Å². The van der Waals surface area contributed by atoms with Gasteiger partial charge in [-0.2, -0.15) is 0 Å². The molecule has 1 aliphatic carbocycles. The molecule has 5 nitrogen and oxygen atoms in total. The Morgan fingerprint density at radius 1 is 1.16 bits per heavy atom. The number of amides is 2. The van der Waals surface area contributed by atoms with Crippen molar-refractivity contribution >= 4 is 23.4 Å². The summed E-state index contributed by atoms with van der Waals surface area (Å²) in [7, 11) is 0. The number of carbonyl (C=O) groups is 2. The number of piperidine rings is 1. The predicted molar refractivity (Wildman–Crippen MR) is 97.1 cm³/mol. The van der Waals surface area contributed by atoms with E-state index in [9.17, 15) is 9.59 Å². The summed E-state index contributed by atoms with van der Waals surface area (Å²) in [5, 5.41) is 3.51. The third kappa shape index (κ3) is 4.66. The van der Waals surface area contributed by atoms with Crippen LogP contribution in [0.4, 0.5) is 0 Å². The minimum atomic E-state index is -0.0740. The Hall–Kier alpha value is -1.75. The first-order valence-corrected chi connectivity index (χ1v) is 9.43. The molecular formula is C19H25ClN2O3. The van der Waals surface area contributed by atoms with Crippen LogP contribution in [0.15, 0.2) is 18.2 Å². The van der Waals surface area contributed by atoms with Gasteiger partial charge in [-0.1, -0.05) is 24.4 Å². The number of rotatable bonds is 4. The van der Waals surface area contributed by atoms with Crippen molar-refractivity contribution in [3.8, 4) is 5.75 Å². The molecule has 6 heteroatoms. The second-order valence-corrected chi connectivity index (χ2v) is 7.33. The highest BCUT2D eigenvalue weighted by Gasteiger charge is 2.23. The first kappa shape index (κ1) is 18.1. The lowest BCUT2D eigenvalue weighted by atomic mass is 10.1. The number of nitrogens with zero attached hydrogens (tertiary/aromatic N) is 1. The lowest BCUT2D eigenvalue weighted by Crippen LogP contribution is -2.40. The molecule has 1 saturated heterocycles.